The Hall–Kier alpha value is -1.70. The number of carbonyl (C=O) groups is 2. The number of H-pyrrole nitrogens is 1. The highest BCUT2D eigenvalue weighted by atomic mass is 16.5. The van der Waals surface area contributed by atoms with Crippen LogP contribution in [0.1, 0.15) is 71.6 Å². The zero-order valence-corrected chi connectivity index (χ0v) is 18.4. The smallest absolute Gasteiger partial charge is 0.340 e. The van der Waals surface area contributed by atoms with Gasteiger partial charge in [-0.05, 0) is 71.7 Å². The number of aryl methyl sites for hydroxylation is 1. The molecule has 2 aliphatic rings. The number of esters is 1. The summed E-state index contributed by atoms with van der Waals surface area (Å²) in [5.41, 5.74) is 1.99. The van der Waals surface area contributed by atoms with E-state index >= 15 is 0 Å². The zero-order valence-electron chi connectivity index (χ0n) is 18.4. The van der Waals surface area contributed by atoms with Crippen molar-refractivity contribution in [3.63, 3.8) is 0 Å². The molecule has 2 saturated heterocycles. The molecule has 1 aromatic rings. The van der Waals surface area contributed by atoms with Gasteiger partial charge >= 0.3 is 5.97 Å². The van der Waals surface area contributed by atoms with Crippen LogP contribution in [0.3, 0.4) is 0 Å². The molecule has 0 saturated carbocycles. The minimum atomic E-state index is -0.392. The summed E-state index contributed by atoms with van der Waals surface area (Å²) in [5.74, 6) is -0.365. The summed E-state index contributed by atoms with van der Waals surface area (Å²) in [6.45, 7) is 11.1. The van der Waals surface area contributed by atoms with Gasteiger partial charge in [0.25, 0.3) is 0 Å². The van der Waals surface area contributed by atoms with Crippen molar-refractivity contribution in [1.82, 2.24) is 14.8 Å². The van der Waals surface area contributed by atoms with Gasteiger partial charge in [0.15, 0.2) is 6.29 Å². The van der Waals surface area contributed by atoms with Crippen molar-refractivity contribution in [3.05, 3.63) is 22.5 Å². The van der Waals surface area contributed by atoms with Crippen molar-refractivity contribution < 1.29 is 19.4 Å². The van der Waals surface area contributed by atoms with Gasteiger partial charge < -0.3 is 24.6 Å². The number of hydrogen-bond donors (Lipinski definition) is 2. The van der Waals surface area contributed by atoms with E-state index in [0.717, 1.165) is 44.5 Å². The first kappa shape index (κ1) is 23.6. The second-order valence-corrected chi connectivity index (χ2v) is 8.22. The van der Waals surface area contributed by atoms with Gasteiger partial charge in [0.1, 0.15) is 0 Å². The van der Waals surface area contributed by atoms with Crippen molar-refractivity contribution in [3.8, 4) is 0 Å². The molecule has 3 rings (SSSR count). The largest absolute Gasteiger partial charge is 0.462 e. The van der Waals surface area contributed by atoms with E-state index in [1.165, 1.54) is 25.9 Å². The molecule has 2 N–H and O–H groups in total. The number of aliphatic hydroxyl groups is 1. The van der Waals surface area contributed by atoms with Gasteiger partial charge in [-0.15, -0.1) is 0 Å². The van der Waals surface area contributed by atoms with Crippen LogP contribution in [0.25, 0.3) is 0 Å². The number of β-amino-alcohol motifs (C(OH)–C–C–N with tert-alkyl or cyclic N) is 1. The number of aromatic nitrogens is 1. The highest BCUT2D eigenvalue weighted by molar-refractivity contribution is 5.95. The lowest BCUT2D eigenvalue weighted by Gasteiger charge is -2.38. The van der Waals surface area contributed by atoms with Gasteiger partial charge in [-0.2, -0.15) is 0 Å². The van der Waals surface area contributed by atoms with E-state index in [0.29, 0.717) is 29.8 Å². The summed E-state index contributed by atoms with van der Waals surface area (Å²) < 4.78 is 4.93. The molecule has 0 aliphatic carbocycles. The summed E-state index contributed by atoms with van der Waals surface area (Å²) in [5, 5.41) is 10.4. The average molecular weight is 408 g/mol. The number of aromatic amines is 1. The minimum Gasteiger partial charge on any atom is -0.462 e. The third-order valence-corrected chi connectivity index (χ3v) is 5.95. The molecule has 2 aliphatic heterocycles. The molecule has 0 atom stereocenters. The van der Waals surface area contributed by atoms with Crippen LogP contribution in [0.5, 0.6) is 0 Å². The Morgan fingerprint density at radius 1 is 1.21 bits per heavy atom. The number of nitrogens with zero attached hydrogens (tertiary/aromatic N) is 2. The van der Waals surface area contributed by atoms with Gasteiger partial charge in [0, 0.05) is 25.3 Å². The van der Waals surface area contributed by atoms with Gasteiger partial charge in [0.05, 0.1) is 23.5 Å². The molecule has 0 aromatic carbocycles. The van der Waals surface area contributed by atoms with E-state index in [1.807, 2.05) is 6.92 Å². The van der Waals surface area contributed by atoms with E-state index < -0.39 is 5.60 Å². The lowest BCUT2D eigenvalue weighted by Crippen LogP contribution is -2.49. The van der Waals surface area contributed by atoms with Crippen LogP contribution >= 0.6 is 0 Å². The highest BCUT2D eigenvalue weighted by Crippen LogP contribution is 2.24. The van der Waals surface area contributed by atoms with Crippen molar-refractivity contribution in [1.29, 1.82) is 0 Å². The maximum atomic E-state index is 11.6. The fourth-order valence-electron chi connectivity index (χ4n) is 4.09. The molecular formula is C22H37N3O4. The first-order chi connectivity index (χ1) is 13.8. The number of aldehydes is 1. The summed E-state index contributed by atoms with van der Waals surface area (Å²) in [6, 6.07) is 0. The van der Waals surface area contributed by atoms with Crippen molar-refractivity contribution in [2.24, 2.45) is 0 Å². The topological polar surface area (TPSA) is 85.9 Å². The van der Waals surface area contributed by atoms with Crippen LogP contribution in [0.15, 0.2) is 0 Å². The summed E-state index contributed by atoms with van der Waals surface area (Å²) >= 11 is 0. The van der Waals surface area contributed by atoms with E-state index in [1.54, 1.807) is 13.8 Å². The molecule has 0 bridgehead atoms. The Bertz CT molecular complexity index is 672. The number of carbonyl (C=O) groups excluding carboxylic acids is 2. The number of ether oxygens (including phenoxy) is 1. The Morgan fingerprint density at radius 2 is 1.83 bits per heavy atom. The first-order valence-electron chi connectivity index (χ1n) is 10.8. The van der Waals surface area contributed by atoms with E-state index in [-0.39, 0.29) is 5.97 Å². The summed E-state index contributed by atoms with van der Waals surface area (Å²) in [7, 11) is 2.13. The van der Waals surface area contributed by atoms with Gasteiger partial charge in [-0.1, -0.05) is 6.92 Å². The standard InChI is InChI=1S/C11H22N2O.C11H15NO3/c1-12-8-4-11(14,5-9-12)10-13-6-2-3-7-13;1-4-8-10(11(14)15-5-2)7(3)9(6-13)12-8/h14H,2-10H2,1H3;6,12H,4-5H2,1-3H3. The fourth-order valence-corrected chi connectivity index (χ4v) is 4.09. The predicted octanol–water partition coefficient (Wildman–Crippen LogP) is 2.41. The van der Waals surface area contributed by atoms with Crippen LogP contribution in [0, 0.1) is 6.92 Å². The van der Waals surface area contributed by atoms with Gasteiger partial charge in [0.2, 0.25) is 0 Å². The van der Waals surface area contributed by atoms with Crippen LogP contribution in [0.4, 0.5) is 0 Å². The third-order valence-electron chi connectivity index (χ3n) is 5.95. The molecule has 0 spiro atoms. The maximum Gasteiger partial charge on any atom is 0.340 e. The molecule has 7 heteroatoms. The molecular weight excluding hydrogens is 370 g/mol. The molecule has 2 fully saturated rings. The molecule has 164 valence electrons. The SMILES string of the molecule is CCOC(=O)c1c(CC)[nH]c(C=O)c1C.CN1CCC(O)(CN2CCCC2)CC1. The van der Waals surface area contributed by atoms with Crippen molar-refractivity contribution >= 4 is 12.3 Å². The predicted molar refractivity (Wildman–Crippen MR) is 114 cm³/mol. The number of hydrogen-bond acceptors (Lipinski definition) is 6. The second-order valence-electron chi connectivity index (χ2n) is 8.22. The van der Waals surface area contributed by atoms with E-state index in [9.17, 15) is 14.7 Å². The first-order valence-corrected chi connectivity index (χ1v) is 10.8. The number of rotatable bonds is 6. The lowest BCUT2D eigenvalue weighted by atomic mass is 9.91. The third kappa shape index (κ3) is 6.39. The van der Waals surface area contributed by atoms with Crippen LogP contribution in [-0.4, -0.2) is 84.1 Å². The summed E-state index contributed by atoms with van der Waals surface area (Å²) in [6.07, 6.45) is 5.91. The highest BCUT2D eigenvalue weighted by Gasteiger charge is 2.33. The molecule has 0 radical (unpaired) electrons. The minimum absolute atomic E-state index is 0.336. The van der Waals surface area contributed by atoms with Gasteiger partial charge in [-0.3, -0.25) is 4.79 Å². The quantitative estimate of drug-likeness (QED) is 0.556. The van der Waals surface area contributed by atoms with E-state index in [4.69, 9.17) is 4.74 Å². The van der Waals surface area contributed by atoms with Crippen LogP contribution < -0.4 is 0 Å². The Kier molecular flexibility index (Phi) is 8.86. The fraction of sp³-hybridized carbons (Fsp3) is 0.727. The lowest BCUT2D eigenvalue weighted by molar-refractivity contribution is -0.0370. The Labute approximate surface area is 174 Å². The Balaban J connectivity index is 0.000000207. The van der Waals surface area contributed by atoms with Crippen molar-refractivity contribution in [2.45, 2.75) is 58.5 Å². The second kappa shape index (κ2) is 10.9. The Morgan fingerprint density at radius 3 is 2.34 bits per heavy atom. The number of likely N-dealkylation sites (tertiary alicyclic amines) is 2. The number of piperidine rings is 1. The average Bonchev–Trinajstić information content (AvgIpc) is 3.32. The molecule has 0 unspecified atom stereocenters. The number of nitrogens with one attached hydrogen (secondary N) is 1. The zero-order chi connectivity index (χ0) is 21.4. The summed E-state index contributed by atoms with van der Waals surface area (Å²) in [4.78, 5) is 30.0. The van der Waals surface area contributed by atoms with Crippen LogP contribution in [-0.2, 0) is 11.2 Å². The maximum absolute atomic E-state index is 11.6. The molecule has 1 aromatic heterocycles. The monoisotopic (exact) mass is 407 g/mol. The normalized spacial score (nSPS) is 19.5. The molecule has 3 heterocycles. The molecule has 0 amide bonds. The van der Waals surface area contributed by atoms with E-state index in [2.05, 4.69) is 21.8 Å². The molecule has 29 heavy (non-hydrogen) atoms. The van der Waals surface area contributed by atoms with Gasteiger partial charge in [-0.25, -0.2) is 4.79 Å². The van der Waals surface area contributed by atoms with Crippen LogP contribution in [0.2, 0.25) is 0 Å². The molecule has 7 nitrogen and oxygen atoms in total. The van der Waals surface area contributed by atoms with Crippen molar-refractivity contribution in [2.75, 3.05) is 46.4 Å².